The highest BCUT2D eigenvalue weighted by molar-refractivity contribution is 7.89. The summed E-state index contributed by atoms with van der Waals surface area (Å²) in [4.78, 5) is 27.4. The third-order valence-electron chi connectivity index (χ3n) is 5.86. The van der Waals surface area contributed by atoms with Crippen LogP contribution in [0.3, 0.4) is 0 Å². The molecular formula is C24H31N3O6S. The normalized spacial score (nSPS) is 13.7. The molecule has 1 aliphatic heterocycles. The summed E-state index contributed by atoms with van der Waals surface area (Å²) in [5, 5.41) is 2.86. The van der Waals surface area contributed by atoms with Gasteiger partial charge in [-0.05, 0) is 49.2 Å². The van der Waals surface area contributed by atoms with Crippen molar-refractivity contribution in [2.45, 2.75) is 31.6 Å². The van der Waals surface area contributed by atoms with Gasteiger partial charge in [-0.1, -0.05) is 13.8 Å². The van der Waals surface area contributed by atoms with Gasteiger partial charge in [0.1, 0.15) is 10.6 Å². The van der Waals surface area contributed by atoms with Gasteiger partial charge in [0.15, 0.2) is 0 Å². The summed E-state index contributed by atoms with van der Waals surface area (Å²) in [5.41, 5.74) is 1.71. The van der Waals surface area contributed by atoms with Crippen molar-refractivity contribution in [3.05, 3.63) is 47.5 Å². The van der Waals surface area contributed by atoms with Crippen LogP contribution in [0.25, 0.3) is 0 Å². The number of carbonyl (C=O) groups excluding carboxylic acids is 2. The van der Waals surface area contributed by atoms with E-state index in [1.165, 1.54) is 36.7 Å². The minimum atomic E-state index is -3.86. The minimum Gasteiger partial charge on any atom is -0.495 e. The summed E-state index contributed by atoms with van der Waals surface area (Å²) < 4.78 is 37.7. The number of methoxy groups -OCH3 is 2. The van der Waals surface area contributed by atoms with E-state index >= 15 is 0 Å². The zero-order valence-corrected chi connectivity index (χ0v) is 20.8. The van der Waals surface area contributed by atoms with Crippen LogP contribution in [0.15, 0.2) is 41.3 Å². The van der Waals surface area contributed by atoms with Crippen molar-refractivity contribution < 1.29 is 27.5 Å². The van der Waals surface area contributed by atoms with Crippen LogP contribution in [0, 0.1) is 0 Å². The molecular weight excluding hydrogens is 458 g/mol. The summed E-state index contributed by atoms with van der Waals surface area (Å²) in [6, 6.07) is 9.33. The molecule has 0 atom stereocenters. The third kappa shape index (κ3) is 5.18. The van der Waals surface area contributed by atoms with E-state index in [9.17, 15) is 18.0 Å². The van der Waals surface area contributed by atoms with Crippen molar-refractivity contribution in [1.29, 1.82) is 0 Å². The largest absolute Gasteiger partial charge is 0.495 e. The summed E-state index contributed by atoms with van der Waals surface area (Å²) in [6.45, 7) is 5.76. The van der Waals surface area contributed by atoms with Crippen molar-refractivity contribution in [2.24, 2.45) is 0 Å². The maximum Gasteiger partial charge on any atom is 0.337 e. The lowest BCUT2D eigenvalue weighted by molar-refractivity contribution is 0.0600. The van der Waals surface area contributed by atoms with Crippen molar-refractivity contribution in [2.75, 3.05) is 50.6 Å². The average molecular weight is 490 g/mol. The first-order valence-corrected chi connectivity index (χ1v) is 12.7. The number of amides is 1. The molecule has 0 bridgehead atoms. The maximum atomic E-state index is 13.2. The van der Waals surface area contributed by atoms with Crippen molar-refractivity contribution in [1.82, 2.24) is 4.31 Å². The number of esters is 1. The first-order chi connectivity index (χ1) is 16.3. The summed E-state index contributed by atoms with van der Waals surface area (Å²) in [7, 11) is -1.17. The Bertz CT molecular complexity index is 1160. The lowest BCUT2D eigenvalue weighted by Crippen LogP contribution is -2.31. The van der Waals surface area contributed by atoms with Gasteiger partial charge in [-0.2, -0.15) is 4.31 Å². The molecule has 9 nitrogen and oxygen atoms in total. The lowest BCUT2D eigenvalue weighted by Gasteiger charge is -2.23. The van der Waals surface area contributed by atoms with E-state index in [1.807, 2.05) is 0 Å². The van der Waals surface area contributed by atoms with Gasteiger partial charge in [0.2, 0.25) is 10.0 Å². The molecule has 1 aliphatic rings. The van der Waals surface area contributed by atoms with Gasteiger partial charge in [-0.15, -0.1) is 0 Å². The molecule has 34 heavy (non-hydrogen) atoms. The zero-order chi connectivity index (χ0) is 24.9. The number of sulfonamides is 1. The number of anilines is 2. The minimum absolute atomic E-state index is 0.0746. The number of rotatable bonds is 9. The molecule has 0 aromatic heterocycles. The summed E-state index contributed by atoms with van der Waals surface area (Å²) in [6.07, 6.45) is 2.08. The zero-order valence-electron chi connectivity index (χ0n) is 20.0. The number of carbonyl (C=O) groups is 2. The Labute approximate surface area is 200 Å². The predicted molar refractivity (Wildman–Crippen MR) is 130 cm³/mol. The Balaban J connectivity index is 2.00. The second-order valence-electron chi connectivity index (χ2n) is 7.83. The molecule has 3 rings (SSSR count). The standard InChI is InChI=1S/C24H31N3O6S/c1-5-27(6-2)34(30,31)22-16-17(10-12-21(22)32-3)23(28)25-19-15-18(24(29)33-4)9-11-20(19)26-13-7-8-14-26/h9-12,15-16H,5-8,13-14H2,1-4H3,(H,25,28). The van der Waals surface area contributed by atoms with Gasteiger partial charge in [-0.25, -0.2) is 13.2 Å². The number of nitrogens with zero attached hydrogens (tertiary/aromatic N) is 2. The highest BCUT2D eigenvalue weighted by atomic mass is 32.2. The monoisotopic (exact) mass is 489 g/mol. The van der Waals surface area contributed by atoms with E-state index in [1.54, 1.807) is 32.0 Å². The van der Waals surface area contributed by atoms with Crippen LogP contribution < -0.4 is 15.0 Å². The number of nitrogens with one attached hydrogen (secondary N) is 1. The van der Waals surface area contributed by atoms with Gasteiger partial charge >= 0.3 is 5.97 Å². The van der Waals surface area contributed by atoms with E-state index in [-0.39, 0.29) is 29.3 Å². The van der Waals surface area contributed by atoms with E-state index in [2.05, 4.69) is 10.2 Å². The van der Waals surface area contributed by atoms with Crippen LogP contribution in [0.1, 0.15) is 47.4 Å². The van der Waals surface area contributed by atoms with E-state index in [0.717, 1.165) is 31.6 Å². The van der Waals surface area contributed by atoms with Gasteiger partial charge < -0.3 is 19.7 Å². The van der Waals surface area contributed by atoms with Crippen LogP contribution >= 0.6 is 0 Å². The Morgan fingerprint density at radius 3 is 2.24 bits per heavy atom. The summed E-state index contributed by atoms with van der Waals surface area (Å²) >= 11 is 0. The van der Waals surface area contributed by atoms with Crippen LogP contribution in [0.4, 0.5) is 11.4 Å². The predicted octanol–water partition coefficient (Wildman–Crippen LogP) is 3.36. The molecule has 10 heteroatoms. The van der Waals surface area contributed by atoms with Crippen LogP contribution in [0.2, 0.25) is 0 Å². The highest BCUT2D eigenvalue weighted by Crippen LogP contribution is 2.32. The molecule has 0 aliphatic carbocycles. The number of hydrogen-bond donors (Lipinski definition) is 1. The molecule has 1 N–H and O–H groups in total. The van der Waals surface area contributed by atoms with Crippen LogP contribution in [0.5, 0.6) is 5.75 Å². The first-order valence-electron chi connectivity index (χ1n) is 11.2. The van der Waals surface area contributed by atoms with Gasteiger partial charge in [0.25, 0.3) is 5.91 Å². The Kier molecular flexibility index (Phi) is 8.16. The fourth-order valence-electron chi connectivity index (χ4n) is 4.03. The van der Waals surface area contributed by atoms with Crippen molar-refractivity contribution in [3.63, 3.8) is 0 Å². The molecule has 2 aromatic carbocycles. The van der Waals surface area contributed by atoms with Gasteiger partial charge in [0.05, 0.1) is 31.2 Å². The molecule has 0 unspecified atom stereocenters. The van der Waals surface area contributed by atoms with Gasteiger partial charge in [-0.3, -0.25) is 4.79 Å². The fourth-order valence-corrected chi connectivity index (χ4v) is 5.67. The molecule has 0 radical (unpaired) electrons. The second kappa shape index (κ2) is 10.9. The average Bonchev–Trinajstić information content (AvgIpc) is 3.38. The van der Waals surface area contributed by atoms with E-state index in [0.29, 0.717) is 11.3 Å². The first kappa shape index (κ1) is 25.5. The Morgan fingerprint density at radius 1 is 1.00 bits per heavy atom. The third-order valence-corrected chi connectivity index (χ3v) is 7.93. The smallest absolute Gasteiger partial charge is 0.337 e. The molecule has 0 saturated carbocycles. The Hall–Kier alpha value is -3.11. The molecule has 2 aromatic rings. The van der Waals surface area contributed by atoms with Gasteiger partial charge in [0, 0.05) is 31.7 Å². The molecule has 184 valence electrons. The molecule has 1 amide bonds. The van der Waals surface area contributed by atoms with Crippen molar-refractivity contribution >= 4 is 33.3 Å². The lowest BCUT2D eigenvalue weighted by atomic mass is 10.1. The van der Waals surface area contributed by atoms with Crippen LogP contribution in [-0.2, 0) is 14.8 Å². The molecule has 0 spiro atoms. The van der Waals surface area contributed by atoms with E-state index in [4.69, 9.17) is 9.47 Å². The second-order valence-corrected chi connectivity index (χ2v) is 9.73. The maximum absolute atomic E-state index is 13.2. The van der Waals surface area contributed by atoms with Crippen molar-refractivity contribution in [3.8, 4) is 5.75 Å². The number of ether oxygens (including phenoxy) is 2. The number of hydrogen-bond acceptors (Lipinski definition) is 7. The SMILES string of the molecule is CCN(CC)S(=O)(=O)c1cc(C(=O)Nc2cc(C(=O)OC)ccc2N2CCCC2)ccc1OC. The number of benzene rings is 2. The van der Waals surface area contributed by atoms with E-state index < -0.39 is 21.9 Å². The Morgan fingerprint density at radius 2 is 1.65 bits per heavy atom. The highest BCUT2D eigenvalue weighted by Gasteiger charge is 2.27. The van der Waals surface area contributed by atoms with Crippen LogP contribution in [-0.4, -0.2) is 65.0 Å². The summed E-state index contributed by atoms with van der Waals surface area (Å²) in [5.74, 6) is -0.851. The fraction of sp³-hybridized carbons (Fsp3) is 0.417. The molecule has 1 fully saturated rings. The quantitative estimate of drug-likeness (QED) is 0.539. The topological polar surface area (TPSA) is 105 Å². The molecule has 1 heterocycles. The molecule has 1 saturated heterocycles.